The van der Waals surface area contributed by atoms with Crippen molar-refractivity contribution >= 4 is 11.5 Å². The van der Waals surface area contributed by atoms with Gasteiger partial charge in [-0.2, -0.15) is 0 Å². The number of pyridine rings is 1. The van der Waals surface area contributed by atoms with Gasteiger partial charge in [-0.3, -0.25) is 14.7 Å². The fraction of sp³-hybridized carbons (Fsp3) is 0.250. The highest BCUT2D eigenvalue weighted by atomic mass is 16.1. The Hall–Kier alpha value is -2.99. The highest BCUT2D eigenvalue weighted by Crippen LogP contribution is 2.20. The second-order valence-corrected chi connectivity index (χ2v) is 6.60. The molecule has 0 fully saturated rings. The number of hydrogen-bond acceptors (Lipinski definition) is 5. The lowest BCUT2D eigenvalue weighted by molar-refractivity contribution is -0.119. The number of rotatable bonds is 5. The number of benzene rings is 1. The van der Waals surface area contributed by atoms with E-state index in [9.17, 15) is 4.79 Å². The molecule has 0 aliphatic carbocycles. The first kappa shape index (κ1) is 16.5. The summed E-state index contributed by atoms with van der Waals surface area (Å²) in [4.78, 5) is 23.5. The summed E-state index contributed by atoms with van der Waals surface area (Å²) in [7, 11) is 0. The van der Waals surface area contributed by atoms with Gasteiger partial charge in [-0.25, -0.2) is 4.98 Å². The number of carbonyl (C=O) groups excluding carboxylic acids is 1. The van der Waals surface area contributed by atoms with Gasteiger partial charge in [-0.1, -0.05) is 30.3 Å². The lowest BCUT2D eigenvalue weighted by Gasteiger charge is -2.27. The fourth-order valence-corrected chi connectivity index (χ4v) is 3.29. The van der Waals surface area contributed by atoms with Crippen LogP contribution in [0.3, 0.4) is 0 Å². The van der Waals surface area contributed by atoms with E-state index in [1.807, 2.05) is 55.0 Å². The van der Waals surface area contributed by atoms with Gasteiger partial charge >= 0.3 is 0 Å². The molecule has 0 unspecified atom stereocenters. The van der Waals surface area contributed by atoms with Crippen LogP contribution in [0, 0.1) is 0 Å². The van der Waals surface area contributed by atoms with Crippen molar-refractivity contribution in [3.63, 3.8) is 0 Å². The molecule has 1 aliphatic heterocycles. The Kier molecular flexibility index (Phi) is 4.50. The number of fused-ring (bicyclic) bond motifs is 1. The molecule has 0 amide bonds. The second-order valence-electron chi connectivity index (χ2n) is 6.60. The topological polar surface area (TPSA) is 77.0 Å². The first-order valence-electron chi connectivity index (χ1n) is 8.73. The Bertz CT molecular complexity index is 919. The van der Waals surface area contributed by atoms with Crippen LogP contribution < -0.4 is 5.73 Å². The van der Waals surface area contributed by atoms with Gasteiger partial charge in [-0.15, -0.1) is 0 Å². The minimum atomic E-state index is 0.127. The maximum Gasteiger partial charge on any atom is 0.152 e. The molecule has 132 valence electrons. The molecule has 6 nitrogen and oxygen atoms in total. The monoisotopic (exact) mass is 347 g/mol. The summed E-state index contributed by atoms with van der Waals surface area (Å²) < 4.78 is 2.13. The number of nitrogens with zero attached hydrogens (tertiary/aromatic N) is 4. The predicted octanol–water partition coefficient (Wildman–Crippen LogP) is 2.15. The number of aromatic nitrogens is 3. The summed E-state index contributed by atoms with van der Waals surface area (Å²) in [6.45, 7) is 2.87. The minimum absolute atomic E-state index is 0.127. The van der Waals surface area contributed by atoms with Crippen LogP contribution in [-0.4, -0.2) is 38.3 Å². The number of carbonyl (C=O) groups is 1. The average molecular weight is 347 g/mol. The molecule has 6 heteroatoms. The molecule has 0 bridgehead atoms. The Morgan fingerprint density at radius 3 is 2.81 bits per heavy atom. The molecule has 3 aromatic rings. The SMILES string of the molecule is Nc1ccc(-c2ccccc2)nc1CC(=O)CN1CCn2cncc2C1. The van der Waals surface area contributed by atoms with Gasteiger partial charge in [-0.05, 0) is 12.1 Å². The molecule has 4 rings (SSSR count). The van der Waals surface area contributed by atoms with Crippen LogP contribution in [0.5, 0.6) is 0 Å². The Morgan fingerprint density at radius 1 is 1.12 bits per heavy atom. The molecule has 0 radical (unpaired) electrons. The maximum absolute atomic E-state index is 12.6. The number of ketones is 1. The predicted molar refractivity (Wildman–Crippen MR) is 100 cm³/mol. The van der Waals surface area contributed by atoms with Gasteiger partial charge in [0.1, 0.15) is 0 Å². The number of imidazole rings is 1. The van der Waals surface area contributed by atoms with Crippen LogP contribution in [0.25, 0.3) is 11.3 Å². The van der Waals surface area contributed by atoms with Crippen molar-refractivity contribution in [2.45, 2.75) is 19.5 Å². The van der Waals surface area contributed by atoms with E-state index >= 15 is 0 Å². The first-order valence-corrected chi connectivity index (χ1v) is 8.73. The molecule has 1 aliphatic rings. The van der Waals surface area contributed by atoms with Gasteiger partial charge in [0.25, 0.3) is 0 Å². The Morgan fingerprint density at radius 2 is 1.96 bits per heavy atom. The molecule has 1 aromatic carbocycles. The molecule has 2 N–H and O–H groups in total. The van der Waals surface area contributed by atoms with E-state index in [1.54, 1.807) is 0 Å². The molecule has 0 saturated heterocycles. The van der Waals surface area contributed by atoms with E-state index in [0.717, 1.165) is 36.6 Å². The van der Waals surface area contributed by atoms with Crippen LogP contribution in [0.15, 0.2) is 55.0 Å². The van der Waals surface area contributed by atoms with Gasteiger partial charge in [0.2, 0.25) is 0 Å². The van der Waals surface area contributed by atoms with E-state index in [4.69, 9.17) is 5.73 Å². The fourth-order valence-electron chi connectivity index (χ4n) is 3.29. The van der Waals surface area contributed by atoms with Crippen molar-refractivity contribution in [2.75, 3.05) is 18.8 Å². The third-order valence-electron chi connectivity index (χ3n) is 4.68. The van der Waals surface area contributed by atoms with Crippen LogP contribution >= 0.6 is 0 Å². The minimum Gasteiger partial charge on any atom is -0.397 e. The number of nitrogen functional groups attached to an aromatic ring is 1. The van der Waals surface area contributed by atoms with Crippen LogP contribution in [0.2, 0.25) is 0 Å². The summed E-state index contributed by atoms with van der Waals surface area (Å²) in [6, 6.07) is 13.6. The Balaban J connectivity index is 1.44. The van der Waals surface area contributed by atoms with E-state index in [1.165, 1.54) is 0 Å². The molecule has 0 saturated carbocycles. The van der Waals surface area contributed by atoms with Crippen LogP contribution in [-0.2, 0) is 24.3 Å². The molecular weight excluding hydrogens is 326 g/mol. The highest BCUT2D eigenvalue weighted by molar-refractivity contribution is 5.84. The molecule has 2 aromatic heterocycles. The number of hydrogen-bond donors (Lipinski definition) is 1. The average Bonchev–Trinajstić information content (AvgIpc) is 3.12. The number of nitrogens with two attached hydrogens (primary N) is 1. The molecule has 26 heavy (non-hydrogen) atoms. The quantitative estimate of drug-likeness (QED) is 0.765. The summed E-state index contributed by atoms with van der Waals surface area (Å²) in [5.41, 5.74) is 10.3. The van der Waals surface area contributed by atoms with Crippen LogP contribution in [0.4, 0.5) is 5.69 Å². The standard InChI is InChI=1S/C20H21N5O/c21-18-6-7-19(15-4-2-1-3-5-15)23-20(18)10-17(26)13-24-8-9-25-14-22-11-16(25)12-24/h1-7,11,14H,8-10,12-13,21H2. The lowest BCUT2D eigenvalue weighted by atomic mass is 10.1. The maximum atomic E-state index is 12.6. The van der Waals surface area contributed by atoms with Crippen molar-refractivity contribution in [3.05, 3.63) is 66.4 Å². The molecule has 0 atom stereocenters. The van der Waals surface area contributed by atoms with Crippen LogP contribution in [0.1, 0.15) is 11.4 Å². The van der Waals surface area contributed by atoms with E-state index in [0.29, 0.717) is 17.9 Å². The third kappa shape index (κ3) is 3.50. The van der Waals surface area contributed by atoms with Crippen molar-refractivity contribution < 1.29 is 4.79 Å². The van der Waals surface area contributed by atoms with Crippen molar-refractivity contribution in [2.24, 2.45) is 0 Å². The van der Waals surface area contributed by atoms with E-state index < -0.39 is 0 Å². The highest BCUT2D eigenvalue weighted by Gasteiger charge is 2.19. The number of Topliss-reactive ketones (excluding diaryl/α,β-unsaturated/α-hetero) is 1. The molecular formula is C20H21N5O. The van der Waals surface area contributed by atoms with Crippen molar-refractivity contribution in [1.29, 1.82) is 0 Å². The Labute approximate surface area is 152 Å². The zero-order valence-corrected chi connectivity index (χ0v) is 14.5. The van der Waals surface area contributed by atoms with Gasteiger partial charge in [0.15, 0.2) is 5.78 Å². The van der Waals surface area contributed by atoms with Gasteiger partial charge < -0.3 is 10.3 Å². The van der Waals surface area contributed by atoms with Gasteiger partial charge in [0, 0.05) is 31.4 Å². The molecule has 3 heterocycles. The lowest BCUT2D eigenvalue weighted by Crippen LogP contribution is -2.37. The normalized spacial score (nSPS) is 14.2. The molecule has 0 spiro atoms. The summed E-state index contributed by atoms with van der Waals surface area (Å²) in [6.07, 6.45) is 3.95. The largest absolute Gasteiger partial charge is 0.397 e. The van der Waals surface area contributed by atoms with Crippen molar-refractivity contribution in [3.8, 4) is 11.3 Å². The van der Waals surface area contributed by atoms with E-state index in [2.05, 4.69) is 19.4 Å². The van der Waals surface area contributed by atoms with Crippen molar-refractivity contribution in [1.82, 2.24) is 19.4 Å². The summed E-state index contributed by atoms with van der Waals surface area (Å²) >= 11 is 0. The number of anilines is 1. The summed E-state index contributed by atoms with van der Waals surface area (Å²) in [5, 5.41) is 0. The second kappa shape index (κ2) is 7.09. The van der Waals surface area contributed by atoms with E-state index in [-0.39, 0.29) is 12.2 Å². The summed E-state index contributed by atoms with van der Waals surface area (Å²) in [5.74, 6) is 0.127. The zero-order chi connectivity index (χ0) is 17.9. The third-order valence-corrected chi connectivity index (χ3v) is 4.68. The van der Waals surface area contributed by atoms with Gasteiger partial charge in [0.05, 0.1) is 42.1 Å². The first-order chi connectivity index (χ1) is 12.7. The smallest absolute Gasteiger partial charge is 0.152 e. The zero-order valence-electron chi connectivity index (χ0n) is 14.5.